The van der Waals surface area contributed by atoms with E-state index in [9.17, 15) is 14.7 Å². The van der Waals surface area contributed by atoms with Crippen molar-refractivity contribution < 1.29 is 44.3 Å². The molecule has 0 unspecified atom stereocenters. The number of hydrogen-bond acceptors (Lipinski definition) is 3. The van der Waals surface area contributed by atoms with Crippen molar-refractivity contribution in [1.29, 1.82) is 0 Å². The Morgan fingerprint density at radius 2 is 1.04 bits per heavy atom. The van der Waals surface area contributed by atoms with Crippen molar-refractivity contribution in [1.82, 2.24) is 5.32 Å². The fourth-order valence-electron chi connectivity index (χ4n) is 3.05. The number of aliphatic carboxylic acids is 1. The molecule has 4 nitrogen and oxygen atoms in total. The van der Waals surface area contributed by atoms with Crippen LogP contribution >= 0.6 is 0 Å². The number of rotatable bonds is 19. The van der Waals surface area contributed by atoms with Gasteiger partial charge < -0.3 is 15.2 Å². The molecule has 0 aliphatic carbocycles. The van der Waals surface area contributed by atoms with E-state index in [2.05, 4.69) is 12.2 Å². The van der Waals surface area contributed by atoms with Crippen molar-refractivity contribution in [3.05, 3.63) is 0 Å². The Bertz CT molecular complexity index is 324. The van der Waals surface area contributed by atoms with Crippen molar-refractivity contribution in [2.24, 2.45) is 0 Å². The van der Waals surface area contributed by atoms with Crippen molar-refractivity contribution in [3.8, 4) is 0 Å². The van der Waals surface area contributed by atoms with Crippen molar-refractivity contribution in [3.63, 3.8) is 0 Å². The van der Waals surface area contributed by atoms with Gasteiger partial charge in [0.05, 0.1) is 0 Å². The van der Waals surface area contributed by atoms with Crippen molar-refractivity contribution in [2.75, 3.05) is 6.54 Å². The summed E-state index contributed by atoms with van der Waals surface area (Å²) in [7, 11) is 0. The summed E-state index contributed by atoms with van der Waals surface area (Å²) in [6.45, 7) is 2.44. The van der Waals surface area contributed by atoms with Gasteiger partial charge in [0.1, 0.15) is 0 Å². The first kappa shape index (κ1) is 28.2. The second kappa shape index (κ2) is 23.0. The Labute approximate surface area is 183 Å². The molecule has 0 atom stereocenters. The normalized spacial score (nSPS) is 10.3. The molecule has 0 heterocycles. The van der Waals surface area contributed by atoms with Crippen LogP contribution in [0.15, 0.2) is 0 Å². The van der Waals surface area contributed by atoms with Crippen LogP contribution in [0.25, 0.3) is 0 Å². The minimum Gasteiger partial charge on any atom is -0.550 e. The van der Waals surface area contributed by atoms with Crippen LogP contribution in [0.1, 0.15) is 116 Å². The number of carboxylic acids is 1. The molecular weight excluding hydrogens is 337 g/mol. The van der Waals surface area contributed by atoms with Gasteiger partial charge in [-0.3, -0.25) is 4.79 Å². The summed E-state index contributed by atoms with van der Waals surface area (Å²) in [6.07, 6.45) is 20.1. The van der Waals surface area contributed by atoms with E-state index in [0.29, 0.717) is 6.42 Å². The predicted octanol–water partition coefficient (Wildman–Crippen LogP) is 1.51. The molecule has 0 aromatic rings. The first-order valence-electron chi connectivity index (χ1n) is 10.6. The molecule has 0 bridgehead atoms. The van der Waals surface area contributed by atoms with Gasteiger partial charge in [-0.15, -0.1) is 0 Å². The zero-order valence-electron chi connectivity index (χ0n) is 17.5. The van der Waals surface area contributed by atoms with E-state index < -0.39 is 5.97 Å². The van der Waals surface area contributed by atoms with Crippen LogP contribution in [0.4, 0.5) is 0 Å². The average molecular weight is 378 g/mol. The minimum absolute atomic E-state index is 0. The molecule has 0 fully saturated rings. The van der Waals surface area contributed by atoms with Crippen LogP contribution in [0.2, 0.25) is 0 Å². The Balaban J connectivity index is 0. The third-order valence-corrected chi connectivity index (χ3v) is 4.66. The van der Waals surface area contributed by atoms with Gasteiger partial charge in [0, 0.05) is 25.4 Å². The van der Waals surface area contributed by atoms with E-state index in [1.54, 1.807) is 0 Å². The van der Waals surface area contributed by atoms with Gasteiger partial charge in [-0.05, 0) is 6.42 Å². The van der Waals surface area contributed by atoms with Crippen molar-refractivity contribution in [2.45, 2.75) is 116 Å². The molecule has 0 saturated heterocycles. The summed E-state index contributed by atoms with van der Waals surface area (Å²) in [5.41, 5.74) is 0. The van der Waals surface area contributed by atoms with Crippen LogP contribution in [-0.4, -0.2) is 18.4 Å². The fourth-order valence-corrected chi connectivity index (χ4v) is 3.05. The second-order valence-electron chi connectivity index (χ2n) is 7.17. The van der Waals surface area contributed by atoms with Crippen LogP contribution in [0.3, 0.4) is 0 Å². The number of amides is 1. The van der Waals surface area contributed by atoms with E-state index in [-0.39, 0.29) is 48.4 Å². The zero-order valence-corrected chi connectivity index (χ0v) is 19.5. The number of unbranched alkanes of at least 4 members (excludes halogenated alkanes) is 14. The maximum Gasteiger partial charge on any atom is 1.00 e. The molecule has 0 saturated carbocycles. The maximum atomic E-state index is 11.4. The van der Waals surface area contributed by atoms with Gasteiger partial charge >= 0.3 is 29.6 Å². The van der Waals surface area contributed by atoms with E-state index >= 15 is 0 Å². The molecule has 0 rings (SSSR count). The first-order valence-corrected chi connectivity index (χ1v) is 10.6. The molecule has 5 heteroatoms. The van der Waals surface area contributed by atoms with Crippen LogP contribution in [0.5, 0.6) is 0 Å². The first-order chi connectivity index (χ1) is 12.2. The maximum absolute atomic E-state index is 11.4. The Morgan fingerprint density at radius 3 is 1.42 bits per heavy atom. The van der Waals surface area contributed by atoms with Crippen LogP contribution in [-0.2, 0) is 9.59 Å². The second-order valence-corrected chi connectivity index (χ2v) is 7.17. The molecule has 0 aliphatic heterocycles. The molecule has 0 spiro atoms. The average Bonchev–Trinajstić information content (AvgIpc) is 2.58. The number of carboxylic acid groups (broad SMARTS) is 1. The predicted molar refractivity (Wildman–Crippen MR) is 102 cm³/mol. The van der Waals surface area contributed by atoms with E-state index in [1.165, 1.54) is 83.5 Å². The van der Waals surface area contributed by atoms with Gasteiger partial charge in [-0.25, -0.2) is 0 Å². The number of nitrogens with one attached hydrogen (secondary N) is 1. The van der Waals surface area contributed by atoms with Crippen molar-refractivity contribution >= 4 is 11.9 Å². The van der Waals surface area contributed by atoms with E-state index in [4.69, 9.17) is 0 Å². The molecule has 0 aromatic heterocycles. The molecule has 1 amide bonds. The van der Waals surface area contributed by atoms with E-state index in [0.717, 1.165) is 12.8 Å². The van der Waals surface area contributed by atoms with Gasteiger partial charge in [0.2, 0.25) is 5.91 Å². The monoisotopic (exact) mass is 377 g/mol. The number of carbonyl (C=O) groups excluding carboxylic acids is 2. The molecule has 26 heavy (non-hydrogen) atoms. The van der Waals surface area contributed by atoms with Gasteiger partial charge in [-0.1, -0.05) is 96.8 Å². The summed E-state index contributed by atoms with van der Waals surface area (Å²) in [4.78, 5) is 21.7. The zero-order chi connectivity index (χ0) is 18.6. The molecule has 0 aromatic carbocycles. The summed E-state index contributed by atoms with van der Waals surface area (Å²) in [5.74, 6) is -1.16. The topological polar surface area (TPSA) is 69.2 Å². The summed E-state index contributed by atoms with van der Waals surface area (Å²) < 4.78 is 0. The van der Waals surface area contributed by atoms with Gasteiger partial charge in [0.15, 0.2) is 0 Å². The van der Waals surface area contributed by atoms with Crippen LogP contribution in [0, 0.1) is 0 Å². The minimum atomic E-state index is -1.12. The summed E-state index contributed by atoms with van der Waals surface area (Å²) in [6, 6.07) is 0. The third-order valence-electron chi connectivity index (χ3n) is 4.66. The number of hydrogen-bond donors (Lipinski definition) is 1. The molecule has 0 radical (unpaired) electrons. The van der Waals surface area contributed by atoms with Gasteiger partial charge in [-0.2, -0.15) is 0 Å². The molecule has 148 valence electrons. The molecule has 0 aliphatic rings. The fraction of sp³-hybridized carbons (Fsp3) is 0.905. The van der Waals surface area contributed by atoms with Crippen LogP contribution < -0.4 is 40.0 Å². The quantitative estimate of drug-likeness (QED) is 0.274. The molecule has 1 N–H and O–H groups in total. The third kappa shape index (κ3) is 23.9. The Hall–Kier alpha value is -0.0600. The van der Waals surface area contributed by atoms with Gasteiger partial charge in [0.25, 0.3) is 0 Å². The SMILES string of the molecule is CCCCCCCCCCCCCCCCCC(=O)NCCC(=O)[O-].[Na+]. The molecular formula is C21H40NNaO3. The van der Waals surface area contributed by atoms with E-state index in [1.807, 2.05) is 0 Å². The smallest absolute Gasteiger partial charge is 0.550 e. The largest absolute Gasteiger partial charge is 1.00 e. The number of carbonyl (C=O) groups is 2. The Kier molecular flexibility index (Phi) is 24.9. The Morgan fingerprint density at radius 1 is 0.654 bits per heavy atom. The standard InChI is InChI=1S/C21H41NO3.Na/c1-2-3-4-5-6-7-8-9-10-11-12-13-14-15-16-17-20(23)22-19-18-21(24)25;/h2-19H2,1H3,(H,22,23)(H,24,25);/q;+1/p-1. The summed E-state index contributed by atoms with van der Waals surface area (Å²) >= 11 is 0. The summed E-state index contributed by atoms with van der Waals surface area (Å²) in [5, 5.41) is 12.8.